The van der Waals surface area contributed by atoms with E-state index < -0.39 is 18.0 Å². The maximum Gasteiger partial charge on any atom is 0.350 e. The number of fused-ring (bicyclic) bond motifs is 2. The van der Waals surface area contributed by atoms with Crippen molar-refractivity contribution in [3.8, 4) is 11.5 Å². The SMILES string of the molecule is C[C@@H](OC(=O)c1sc2ccccc2c1Cl)C(=O)Nc1ccc2c(c1)OCCO2. The Bertz CT molecular complexity index is 1060. The predicted molar refractivity (Wildman–Crippen MR) is 108 cm³/mol. The summed E-state index contributed by atoms with van der Waals surface area (Å²) in [5, 5.41) is 3.83. The molecule has 1 aliphatic heterocycles. The number of hydrogen-bond acceptors (Lipinski definition) is 6. The number of ether oxygens (including phenoxy) is 3. The summed E-state index contributed by atoms with van der Waals surface area (Å²) >= 11 is 7.53. The van der Waals surface area contributed by atoms with Gasteiger partial charge in [0.1, 0.15) is 18.1 Å². The Labute approximate surface area is 170 Å². The first-order valence-electron chi connectivity index (χ1n) is 8.61. The lowest BCUT2D eigenvalue weighted by atomic mass is 10.2. The molecule has 1 N–H and O–H groups in total. The predicted octanol–water partition coefficient (Wildman–Crippen LogP) is 4.51. The van der Waals surface area contributed by atoms with Crippen LogP contribution in [-0.2, 0) is 9.53 Å². The molecule has 1 aliphatic rings. The molecule has 28 heavy (non-hydrogen) atoms. The molecule has 0 bridgehead atoms. The summed E-state index contributed by atoms with van der Waals surface area (Å²) in [5.74, 6) is 0.104. The van der Waals surface area contributed by atoms with Crippen LogP contribution in [0.5, 0.6) is 11.5 Å². The van der Waals surface area contributed by atoms with E-state index in [-0.39, 0.29) is 4.88 Å². The molecule has 3 aromatic rings. The number of amides is 1. The zero-order valence-corrected chi connectivity index (χ0v) is 16.4. The third kappa shape index (κ3) is 3.63. The van der Waals surface area contributed by atoms with Gasteiger partial charge in [0.2, 0.25) is 0 Å². The Hall–Kier alpha value is -2.77. The van der Waals surface area contributed by atoms with Gasteiger partial charge in [-0.2, -0.15) is 0 Å². The van der Waals surface area contributed by atoms with Gasteiger partial charge in [0, 0.05) is 21.8 Å². The summed E-state index contributed by atoms with van der Waals surface area (Å²) in [7, 11) is 0. The average molecular weight is 418 g/mol. The van der Waals surface area contributed by atoms with Crippen LogP contribution in [0.4, 0.5) is 5.69 Å². The Kier molecular flexibility index (Phi) is 5.11. The van der Waals surface area contributed by atoms with Gasteiger partial charge in [0.25, 0.3) is 5.91 Å². The fourth-order valence-corrected chi connectivity index (χ4v) is 4.17. The van der Waals surface area contributed by atoms with E-state index in [9.17, 15) is 9.59 Å². The number of anilines is 1. The number of benzene rings is 2. The van der Waals surface area contributed by atoms with Crippen molar-refractivity contribution in [1.82, 2.24) is 0 Å². The number of carbonyl (C=O) groups excluding carboxylic acids is 2. The third-order valence-electron chi connectivity index (χ3n) is 4.18. The molecule has 8 heteroatoms. The number of esters is 1. The number of thiophene rings is 1. The molecule has 0 radical (unpaired) electrons. The minimum absolute atomic E-state index is 0.279. The van der Waals surface area contributed by atoms with Gasteiger partial charge in [-0.25, -0.2) is 4.79 Å². The van der Waals surface area contributed by atoms with Crippen molar-refractivity contribution in [3.63, 3.8) is 0 Å². The summed E-state index contributed by atoms with van der Waals surface area (Å²) in [6.45, 7) is 2.45. The highest BCUT2D eigenvalue weighted by Crippen LogP contribution is 2.36. The third-order valence-corrected chi connectivity index (χ3v) is 5.84. The van der Waals surface area contributed by atoms with E-state index in [0.717, 1.165) is 10.1 Å². The first-order chi connectivity index (χ1) is 13.5. The molecule has 0 saturated heterocycles. The molecule has 0 fully saturated rings. The summed E-state index contributed by atoms with van der Waals surface area (Å²) in [5.41, 5.74) is 0.525. The van der Waals surface area contributed by atoms with E-state index in [4.69, 9.17) is 25.8 Å². The zero-order valence-electron chi connectivity index (χ0n) is 14.9. The van der Waals surface area contributed by atoms with Crippen molar-refractivity contribution in [1.29, 1.82) is 0 Å². The molecule has 0 spiro atoms. The molecule has 2 heterocycles. The number of hydrogen-bond donors (Lipinski definition) is 1. The maximum absolute atomic E-state index is 12.5. The van der Waals surface area contributed by atoms with Crippen molar-refractivity contribution >= 4 is 50.6 Å². The summed E-state index contributed by atoms with van der Waals surface area (Å²) in [6, 6.07) is 12.5. The zero-order chi connectivity index (χ0) is 19.7. The fourth-order valence-electron chi connectivity index (χ4n) is 2.78. The molecule has 6 nitrogen and oxygen atoms in total. The molecular formula is C20H16ClNO5S. The first-order valence-corrected chi connectivity index (χ1v) is 9.81. The lowest BCUT2D eigenvalue weighted by molar-refractivity contribution is -0.123. The topological polar surface area (TPSA) is 73.9 Å². The van der Waals surface area contributed by atoms with Gasteiger partial charge in [-0.3, -0.25) is 4.79 Å². The molecule has 0 unspecified atom stereocenters. The van der Waals surface area contributed by atoms with E-state index >= 15 is 0 Å². The van der Waals surface area contributed by atoms with Crippen LogP contribution in [0.2, 0.25) is 5.02 Å². The van der Waals surface area contributed by atoms with Gasteiger partial charge in [-0.05, 0) is 25.1 Å². The monoisotopic (exact) mass is 417 g/mol. The van der Waals surface area contributed by atoms with Crippen LogP contribution >= 0.6 is 22.9 Å². The quantitative estimate of drug-likeness (QED) is 0.632. The molecule has 0 saturated carbocycles. The largest absolute Gasteiger partial charge is 0.486 e. The van der Waals surface area contributed by atoms with Gasteiger partial charge >= 0.3 is 5.97 Å². The summed E-state index contributed by atoms with van der Waals surface area (Å²) in [6.07, 6.45) is -0.998. The first kappa shape index (κ1) is 18.6. The van der Waals surface area contributed by atoms with Crippen LogP contribution in [0.15, 0.2) is 42.5 Å². The fraction of sp³-hybridized carbons (Fsp3) is 0.200. The van der Waals surface area contributed by atoms with Gasteiger partial charge in [0.05, 0.1) is 5.02 Å². The molecular weight excluding hydrogens is 402 g/mol. The normalized spacial score (nSPS) is 13.8. The second kappa shape index (κ2) is 7.69. The van der Waals surface area contributed by atoms with E-state index in [0.29, 0.717) is 35.4 Å². The number of nitrogens with one attached hydrogen (secondary N) is 1. The smallest absolute Gasteiger partial charge is 0.350 e. The van der Waals surface area contributed by atoms with Gasteiger partial charge in [-0.15, -0.1) is 11.3 Å². The van der Waals surface area contributed by atoms with Gasteiger partial charge in [-0.1, -0.05) is 29.8 Å². The van der Waals surface area contributed by atoms with Crippen molar-refractivity contribution in [2.75, 3.05) is 18.5 Å². The van der Waals surface area contributed by atoms with E-state index in [1.54, 1.807) is 18.2 Å². The van der Waals surface area contributed by atoms with Crippen LogP contribution in [0, 0.1) is 0 Å². The lowest BCUT2D eigenvalue weighted by Crippen LogP contribution is -2.30. The van der Waals surface area contributed by atoms with Crippen LogP contribution < -0.4 is 14.8 Å². The second-order valence-corrected chi connectivity index (χ2v) is 7.57. The Morgan fingerprint density at radius 3 is 2.68 bits per heavy atom. The van der Waals surface area contributed by atoms with Crippen molar-refractivity contribution in [3.05, 3.63) is 52.4 Å². The lowest BCUT2D eigenvalue weighted by Gasteiger charge is -2.19. The standard InChI is InChI=1S/C20H16ClNO5S/c1-11(19(23)22-12-6-7-14-15(10-12)26-9-8-25-14)27-20(24)18-17(21)13-4-2-3-5-16(13)28-18/h2-7,10-11H,8-9H2,1H3,(H,22,23)/t11-/m1/s1. The Balaban J connectivity index is 1.44. The number of rotatable bonds is 4. The van der Waals surface area contributed by atoms with Gasteiger partial charge < -0.3 is 19.5 Å². The minimum Gasteiger partial charge on any atom is -0.486 e. The number of carbonyl (C=O) groups is 2. The van der Waals surface area contributed by atoms with Crippen molar-refractivity contribution < 1.29 is 23.8 Å². The van der Waals surface area contributed by atoms with E-state index in [1.165, 1.54) is 18.3 Å². The molecule has 144 valence electrons. The number of halogens is 1. The van der Waals surface area contributed by atoms with Crippen LogP contribution in [0.1, 0.15) is 16.6 Å². The maximum atomic E-state index is 12.5. The molecule has 2 aromatic carbocycles. The summed E-state index contributed by atoms with van der Waals surface area (Å²) < 4.78 is 17.1. The molecule has 1 amide bonds. The van der Waals surface area contributed by atoms with Gasteiger partial charge in [0.15, 0.2) is 17.6 Å². The summed E-state index contributed by atoms with van der Waals surface area (Å²) in [4.78, 5) is 25.2. The molecule has 1 aromatic heterocycles. The van der Waals surface area contributed by atoms with E-state index in [2.05, 4.69) is 5.32 Å². The Morgan fingerprint density at radius 1 is 1.14 bits per heavy atom. The molecule has 4 rings (SSSR count). The molecule has 0 aliphatic carbocycles. The van der Waals surface area contributed by atoms with Crippen LogP contribution in [0.25, 0.3) is 10.1 Å². The molecule has 1 atom stereocenters. The van der Waals surface area contributed by atoms with Crippen molar-refractivity contribution in [2.45, 2.75) is 13.0 Å². The van der Waals surface area contributed by atoms with Crippen LogP contribution in [0.3, 0.4) is 0 Å². The van der Waals surface area contributed by atoms with E-state index in [1.807, 2.05) is 24.3 Å². The highest BCUT2D eigenvalue weighted by molar-refractivity contribution is 7.21. The highest BCUT2D eigenvalue weighted by atomic mass is 35.5. The average Bonchev–Trinajstić information content (AvgIpc) is 3.05. The van der Waals surface area contributed by atoms with Crippen molar-refractivity contribution in [2.24, 2.45) is 0 Å². The second-order valence-electron chi connectivity index (χ2n) is 6.14. The highest BCUT2D eigenvalue weighted by Gasteiger charge is 2.24. The minimum atomic E-state index is -0.998. The Morgan fingerprint density at radius 2 is 1.89 bits per heavy atom. The van der Waals surface area contributed by atoms with Crippen LogP contribution in [-0.4, -0.2) is 31.2 Å².